The molecular weight excluding hydrogens is 961 g/mol. The topological polar surface area (TPSA) is 340 Å². The molecule has 68 heavy (non-hydrogen) atoms. The van der Waals surface area contributed by atoms with Crippen molar-refractivity contribution in [2.24, 2.45) is 10.3 Å². The Bertz CT molecular complexity index is 2230. The lowest BCUT2D eigenvalue weighted by molar-refractivity contribution is -0.150. The number of aromatic nitrogens is 2. The van der Waals surface area contributed by atoms with Gasteiger partial charge in [0.15, 0.2) is 21.7 Å². The minimum absolute atomic E-state index is 0.0764. The largest absolute Gasteiger partial charge is 0.477 e. The van der Waals surface area contributed by atoms with Gasteiger partial charge in [-0.1, -0.05) is 74.1 Å². The Labute approximate surface area is 407 Å². The normalized spacial score (nSPS) is 23.1. The molecule has 12 N–H and O–H groups in total. The molecule has 0 bridgehead atoms. The summed E-state index contributed by atoms with van der Waals surface area (Å²) in [4.78, 5) is 82.3. The number of hydrogen-bond donors (Lipinski definition) is 10. The van der Waals surface area contributed by atoms with Gasteiger partial charge in [0.05, 0.1) is 0 Å². The van der Waals surface area contributed by atoms with Crippen LogP contribution in [0.25, 0.3) is 0 Å². The van der Waals surface area contributed by atoms with E-state index in [1.165, 1.54) is 124 Å². The number of carbonyl (C=O) groups is 6. The Balaban J connectivity index is 0.000000173. The van der Waals surface area contributed by atoms with E-state index >= 15 is 0 Å². The summed E-state index contributed by atoms with van der Waals surface area (Å²) in [6.45, 7) is 9.46. The molecule has 8 rings (SSSR count). The van der Waals surface area contributed by atoms with Crippen molar-refractivity contribution in [3.8, 4) is 0 Å². The Kier molecular flexibility index (Phi) is 18.2. The van der Waals surface area contributed by atoms with E-state index in [0.717, 1.165) is 44.6 Å². The van der Waals surface area contributed by atoms with Crippen LogP contribution < -0.4 is 32.7 Å². The van der Waals surface area contributed by atoms with Gasteiger partial charge in [0.2, 0.25) is 0 Å². The fourth-order valence-electron chi connectivity index (χ4n) is 8.40. The van der Waals surface area contributed by atoms with E-state index in [4.69, 9.17) is 21.9 Å². The zero-order chi connectivity index (χ0) is 49.1. The van der Waals surface area contributed by atoms with Crippen molar-refractivity contribution in [1.29, 1.82) is 0 Å². The second kappa shape index (κ2) is 24.0. The van der Waals surface area contributed by atoms with E-state index in [1.807, 2.05) is 0 Å². The molecule has 2 aromatic heterocycles. The van der Waals surface area contributed by atoms with Gasteiger partial charge in [-0.2, -0.15) is 0 Å². The second-order valence-electron chi connectivity index (χ2n) is 16.1. The highest BCUT2D eigenvalue weighted by Crippen LogP contribution is 2.42. The maximum atomic E-state index is 12.4. The van der Waals surface area contributed by atoms with Crippen LogP contribution in [0.15, 0.2) is 68.9 Å². The van der Waals surface area contributed by atoms with Gasteiger partial charge in [-0.05, 0) is 36.8 Å². The molecule has 2 saturated carbocycles. The zero-order valence-corrected chi connectivity index (χ0v) is 40.1. The number of nitrogen functional groups attached to an aromatic ring is 2. The number of hydrogen-bond acceptors (Lipinski definition) is 20. The van der Waals surface area contributed by atoms with Gasteiger partial charge in [0.1, 0.15) is 45.6 Å². The smallest absolute Gasteiger partial charge is 0.352 e. The predicted octanol–water partition coefficient (Wildman–Crippen LogP) is 2.49. The lowest BCUT2D eigenvalue weighted by Gasteiger charge is -2.49. The van der Waals surface area contributed by atoms with Crippen molar-refractivity contribution in [1.82, 2.24) is 41.0 Å². The third kappa shape index (κ3) is 11.9. The number of β-lactam (4-membered cyclic amide) rings is 2. The number of carboxylic acids is 2. The summed E-state index contributed by atoms with van der Waals surface area (Å²) >= 11 is 4.73. The number of carboxylic acid groups (broad SMARTS) is 2. The van der Waals surface area contributed by atoms with E-state index < -0.39 is 58.4 Å². The molecule has 22 nitrogen and oxygen atoms in total. The van der Waals surface area contributed by atoms with E-state index in [1.54, 1.807) is 0 Å². The molecule has 4 amide bonds. The number of oxime groups is 2. The molecule has 6 aliphatic rings. The van der Waals surface area contributed by atoms with E-state index in [-0.39, 0.29) is 44.5 Å². The third-order valence-corrected chi connectivity index (χ3v) is 15.8. The average molecular weight is 1020 g/mol. The Morgan fingerprint density at radius 3 is 1.34 bits per heavy atom. The summed E-state index contributed by atoms with van der Waals surface area (Å²) in [5.74, 6) is -4.55. The van der Waals surface area contributed by atoms with Crippen LogP contribution in [0.2, 0.25) is 0 Å². The number of fused-ring (bicyclic) bond motifs is 2. The number of nitrogens with zero attached hydrogens (tertiary/aromatic N) is 6. The predicted molar refractivity (Wildman–Crippen MR) is 259 cm³/mol. The molecular formula is C42H54N12O10S4. The Morgan fingerprint density at radius 2 is 1.04 bits per heavy atom. The van der Waals surface area contributed by atoms with Crippen molar-refractivity contribution >= 4 is 103 Å². The summed E-state index contributed by atoms with van der Waals surface area (Å²) in [6.07, 6.45) is 17.1. The molecule has 0 radical (unpaired) electrons. The first-order valence-electron chi connectivity index (χ1n) is 21.7. The number of nitrogens with one attached hydrogen (secondary N) is 4. The molecule has 2 saturated heterocycles. The molecule has 0 unspecified atom stereocenters. The van der Waals surface area contributed by atoms with Crippen LogP contribution in [-0.2, 0) is 28.8 Å². The maximum absolute atomic E-state index is 12.4. The maximum Gasteiger partial charge on any atom is 0.352 e. The van der Waals surface area contributed by atoms with Gasteiger partial charge in [-0.15, -0.1) is 46.2 Å². The van der Waals surface area contributed by atoms with Gasteiger partial charge < -0.3 is 53.4 Å². The van der Waals surface area contributed by atoms with Crippen LogP contribution in [0.1, 0.15) is 75.6 Å². The van der Waals surface area contributed by atoms with Crippen LogP contribution in [-0.4, -0.2) is 147 Å². The van der Waals surface area contributed by atoms with Gasteiger partial charge in [0, 0.05) is 47.4 Å². The monoisotopic (exact) mass is 1010 g/mol. The molecule has 0 aromatic carbocycles. The lowest BCUT2D eigenvalue weighted by atomic mass is 9.95. The second-order valence-corrected chi connectivity index (χ2v) is 20.1. The fraction of sp³-hybridized carbons (Fsp3) is 0.476. The van der Waals surface area contributed by atoms with Crippen molar-refractivity contribution in [3.63, 3.8) is 0 Å². The van der Waals surface area contributed by atoms with E-state index in [9.17, 15) is 39.0 Å². The van der Waals surface area contributed by atoms with Gasteiger partial charge in [-0.25, -0.2) is 19.6 Å². The first kappa shape index (κ1) is 51.6. The van der Waals surface area contributed by atoms with Gasteiger partial charge in [0.25, 0.3) is 23.6 Å². The van der Waals surface area contributed by atoms with Crippen molar-refractivity contribution < 1.29 is 49.4 Å². The molecule has 4 atom stereocenters. The number of rotatable bonds is 15. The number of carbonyl (C=O) groups excluding carboxylic acids is 4. The molecule has 366 valence electrons. The summed E-state index contributed by atoms with van der Waals surface area (Å²) in [6, 6.07) is -0.245. The SMILES string of the molecule is C1CCC(NCCNC2CCCCC2)CC1.C=CC1=C(C(=O)O)N2C(=O)[C@@H](NC(=O)/C(=N\O)c3csc(N)n3)[C@@H]2SC1.C=CC1=C(C(=O)O)N2C(=O)[C@@H](NC(=O)/C(=N\O)c3csc(N)n3)[C@@H]2SC1. The van der Waals surface area contributed by atoms with Crippen LogP contribution in [0.5, 0.6) is 0 Å². The highest BCUT2D eigenvalue weighted by Gasteiger charge is 2.55. The molecule has 0 spiro atoms. The highest BCUT2D eigenvalue weighted by molar-refractivity contribution is 8.00. The van der Waals surface area contributed by atoms with Crippen molar-refractivity contribution in [2.75, 3.05) is 36.1 Å². The summed E-state index contributed by atoms with van der Waals surface area (Å²) in [5.41, 5.74) is 11.0. The minimum atomic E-state index is -1.24. The summed E-state index contributed by atoms with van der Waals surface area (Å²) < 4.78 is 0. The molecule has 2 aliphatic carbocycles. The third-order valence-electron chi connectivity index (χ3n) is 11.8. The Hall–Kier alpha value is -5.80. The standard InChI is InChI=1S/2C14H13N5O5S2.C14H28N2/c2*1-2-5-3-25-12-8(11(21)19(12)9(5)13(22)23)17-10(20)7(18-24)6-4-26-14(15)16-6;1-3-7-13(8-4-1)15-11-12-16-14-9-5-2-6-10-14/h2*2,4,8,12,24H,1,3H2,(H2,15,16)(H,17,20)(H,22,23);13-16H,1-12H2/b2*18-7-;/t2*8-,12+;/m11./s1. The number of thiazole rings is 2. The zero-order valence-electron chi connectivity index (χ0n) is 36.8. The first-order valence-corrected chi connectivity index (χ1v) is 25.6. The van der Waals surface area contributed by atoms with Crippen LogP contribution in [0, 0.1) is 0 Å². The van der Waals surface area contributed by atoms with Crippen LogP contribution >= 0.6 is 46.2 Å². The van der Waals surface area contributed by atoms with Gasteiger partial charge >= 0.3 is 11.9 Å². The van der Waals surface area contributed by atoms with Crippen LogP contribution in [0.3, 0.4) is 0 Å². The summed E-state index contributed by atoms with van der Waals surface area (Å²) in [7, 11) is 0. The number of allylic oxidation sites excluding steroid dienone is 2. The minimum Gasteiger partial charge on any atom is -0.477 e. The number of anilines is 2. The number of amides is 4. The van der Waals surface area contributed by atoms with Crippen LogP contribution in [0.4, 0.5) is 10.3 Å². The highest BCUT2D eigenvalue weighted by atomic mass is 32.2. The Morgan fingerprint density at radius 1 is 0.676 bits per heavy atom. The van der Waals surface area contributed by atoms with Crippen molar-refractivity contribution in [3.05, 3.63) is 70.0 Å². The number of aliphatic carboxylic acids is 2. The molecule has 4 fully saturated rings. The number of nitrogens with two attached hydrogens (primary N) is 2. The first-order chi connectivity index (χ1) is 32.7. The van der Waals surface area contributed by atoms with Gasteiger partial charge in [-0.3, -0.25) is 29.0 Å². The molecule has 26 heteroatoms. The van der Waals surface area contributed by atoms with E-state index in [0.29, 0.717) is 22.7 Å². The number of thioether (sulfide) groups is 2. The molecule has 2 aromatic rings. The quantitative estimate of drug-likeness (QED) is 0.0403. The molecule has 6 heterocycles. The average Bonchev–Trinajstić information content (AvgIpc) is 3.98. The fourth-order valence-corrected chi connectivity index (χ4v) is 12.2. The summed E-state index contributed by atoms with van der Waals surface area (Å²) in [5, 5.41) is 57.2. The lowest BCUT2D eigenvalue weighted by Crippen LogP contribution is -2.71. The molecule has 4 aliphatic heterocycles. The van der Waals surface area contributed by atoms with E-state index in [2.05, 4.69) is 54.7 Å². The van der Waals surface area contributed by atoms with Crippen molar-refractivity contribution in [2.45, 2.75) is 99.1 Å².